The first-order valence-corrected chi connectivity index (χ1v) is 9.80. The van der Waals surface area contributed by atoms with Gasteiger partial charge in [0.1, 0.15) is 11.6 Å². The van der Waals surface area contributed by atoms with Crippen LogP contribution in [0, 0.1) is 11.6 Å². The second-order valence-electron chi connectivity index (χ2n) is 6.35. The highest BCUT2D eigenvalue weighted by Gasteiger charge is 2.22. The van der Waals surface area contributed by atoms with Gasteiger partial charge in [0.05, 0.1) is 10.6 Å². The maximum atomic E-state index is 13.7. The monoisotopic (exact) mass is 395 g/mol. The summed E-state index contributed by atoms with van der Waals surface area (Å²) in [4.78, 5) is 16.2. The number of nitrogens with one attached hydrogen (secondary N) is 1. The number of nitrogens with zero attached hydrogens (tertiary/aromatic N) is 2. The summed E-state index contributed by atoms with van der Waals surface area (Å²) in [5.74, 6) is -1.98. The van der Waals surface area contributed by atoms with Crippen LogP contribution in [0.25, 0.3) is 0 Å². The zero-order valence-electron chi connectivity index (χ0n) is 14.7. The minimum absolute atomic E-state index is 0.124. The van der Waals surface area contributed by atoms with Gasteiger partial charge in [-0.05, 0) is 43.4 Å². The Hall–Kier alpha value is -2.52. The summed E-state index contributed by atoms with van der Waals surface area (Å²) >= 11 is 0. The van der Waals surface area contributed by atoms with Crippen LogP contribution in [-0.2, 0) is 10.0 Å². The number of rotatable bonds is 4. The van der Waals surface area contributed by atoms with Crippen LogP contribution >= 0.6 is 0 Å². The highest BCUT2D eigenvalue weighted by atomic mass is 32.2. The molecule has 1 fully saturated rings. The molecule has 2 aromatic carbocycles. The Kier molecular flexibility index (Phi) is 5.43. The molecule has 1 heterocycles. The third kappa shape index (κ3) is 4.42. The smallest absolute Gasteiger partial charge is 0.261 e. The lowest BCUT2D eigenvalue weighted by atomic mass is 10.2. The Morgan fingerprint density at radius 2 is 1.63 bits per heavy atom. The molecule has 0 spiro atoms. The van der Waals surface area contributed by atoms with E-state index in [1.165, 1.54) is 24.3 Å². The molecule has 0 unspecified atom stereocenters. The molecule has 1 N–H and O–H groups in total. The lowest BCUT2D eigenvalue weighted by Gasteiger charge is -2.32. The summed E-state index contributed by atoms with van der Waals surface area (Å²) in [6, 6.07) is 7.98. The first kappa shape index (κ1) is 19.2. The lowest BCUT2D eigenvalue weighted by Crippen LogP contribution is -2.47. The highest BCUT2D eigenvalue weighted by Crippen LogP contribution is 2.20. The van der Waals surface area contributed by atoms with Crippen molar-refractivity contribution in [1.29, 1.82) is 0 Å². The van der Waals surface area contributed by atoms with Gasteiger partial charge in [-0.3, -0.25) is 9.52 Å². The van der Waals surface area contributed by atoms with Crippen molar-refractivity contribution in [2.24, 2.45) is 0 Å². The molecule has 0 aliphatic carbocycles. The molecular weight excluding hydrogens is 376 g/mol. The normalized spacial score (nSPS) is 15.6. The van der Waals surface area contributed by atoms with Gasteiger partial charge in [0.15, 0.2) is 0 Å². The van der Waals surface area contributed by atoms with Crippen molar-refractivity contribution in [2.45, 2.75) is 4.90 Å². The van der Waals surface area contributed by atoms with Gasteiger partial charge in [-0.2, -0.15) is 0 Å². The molecule has 0 saturated carbocycles. The topological polar surface area (TPSA) is 69.7 Å². The molecule has 1 amide bonds. The molecule has 27 heavy (non-hydrogen) atoms. The summed E-state index contributed by atoms with van der Waals surface area (Å²) in [6.45, 7) is 2.79. The molecule has 6 nitrogen and oxygen atoms in total. The number of halogens is 2. The SMILES string of the molecule is CN1CCN(C(=O)c2ccc(S(=O)(=O)Nc3ccc(F)cc3F)cc2)CC1. The fraction of sp³-hybridized carbons (Fsp3) is 0.278. The molecule has 0 radical (unpaired) electrons. The maximum absolute atomic E-state index is 13.7. The van der Waals surface area contributed by atoms with Gasteiger partial charge in [0, 0.05) is 37.8 Å². The van der Waals surface area contributed by atoms with Crippen LogP contribution in [0.3, 0.4) is 0 Å². The Morgan fingerprint density at radius 3 is 2.22 bits per heavy atom. The molecule has 9 heteroatoms. The number of sulfonamides is 1. The number of amides is 1. The van der Waals surface area contributed by atoms with E-state index < -0.39 is 21.7 Å². The largest absolute Gasteiger partial charge is 0.336 e. The van der Waals surface area contributed by atoms with Crippen LogP contribution in [0.1, 0.15) is 10.4 Å². The van der Waals surface area contributed by atoms with Crippen molar-refractivity contribution in [2.75, 3.05) is 37.9 Å². The van der Waals surface area contributed by atoms with E-state index in [-0.39, 0.29) is 16.5 Å². The van der Waals surface area contributed by atoms with Gasteiger partial charge >= 0.3 is 0 Å². The minimum atomic E-state index is -4.07. The van der Waals surface area contributed by atoms with Gasteiger partial charge in [0.2, 0.25) is 0 Å². The van der Waals surface area contributed by atoms with E-state index in [4.69, 9.17) is 0 Å². The number of carbonyl (C=O) groups excluding carboxylic acids is 1. The number of likely N-dealkylation sites (N-methyl/N-ethyl adjacent to an activating group) is 1. The van der Waals surface area contributed by atoms with Gasteiger partial charge in [-0.1, -0.05) is 0 Å². The van der Waals surface area contributed by atoms with E-state index in [9.17, 15) is 22.0 Å². The Balaban J connectivity index is 1.74. The number of piperazine rings is 1. The van der Waals surface area contributed by atoms with Gasteiger partial charge in [0.25, 0.3) is 15.9 Å². The summed E-state index contributed by atoms with van der Waals surface area (Å²) in [5, 5.41) is 0. The zero-order chi connectivity index (χ0) is 19.6. The standard InChI is InChI=1S/C18H19F2N3O3S/c1-22-8-10-23(11-9-22)18(24)13-2-5-15(6-3-13)27(25,26)21-17-7-4-14(19)12-16(17)20/h2-7,12,21H,8-11H2,1H3. The van der Waals surface area contributed by atoms with Crippen molar-refractivity contribution in [1.82, 2.24) is 9.80 Å². The molecule has 0 aromatic heterocycles. The molecule has 0 atom stereocenters. The second-order valence-corrected chi connectivity index (χ2v) is 8.03. The predicted molar refractivity (Wildman–Crippen MR) is 97.0 cm³/mol. The zero-order valence-corrected chi connectivity index (χ0v) is 15.5. The van der Waals surface area contributed by atoms with E-state index in [1.807, 2.05) is 7.05 Å². The van der Waals surface area contributed by atoms with Crippen LogP contribution < -0.4 is 4.72 Å². The van der Waals surface area contributed by atoms with Crippen molar-refractivity contribution in [3.05, 3.63) is 59.7 Å². The fourth-order valence-corrected chi connectivity index (χ4v) is 3.81. The minimum Gasteiger partial charge on any atom is -0.336 e. The van der Waals surface area contributed by atoms with Crippen molar-refractivity contribution in [3.8, 4) is 0 Å². The number of benzene rings is 2. The summed E-state index contributed by atoms with van der Waals surface area (Å²) in [7, 11) is -2.08. The van der Waals surface area contributed by atoms with Gasteiger partial charge in [-0.25, -0.2) is 17.2 Å². The number of hydrogen-bond donors (Lipinski definition) is 1. The fourth-order valence-electron chi connectivity index (χ4n) is 2.74. The summed E-state index contributed by atoms with van der Waals surface area (Å²) in [5.41, 5.74) is 0.0282. The number of hydrogen-bond acceptors (Lipinski definition) is 4. The molecule has 3 rings (SSSR count). The van der Waals surface area contributed by atoms with Gasteiger partial charge in [-0.15, -0.1) is 0 Å². The third-order valence-electron chi connectivity index (χ3n) is 4.38. The maximum Gasteiger partial charge on any atom is 0.261 e. The van der Waals surface area contributed by atoms with E-state index in [0.29, 0.717) is 24.7 Å². The molecular formula is C18H19F2N3O3S. The first-order valence-electron chi connectivity index (χ1n) is 8.32. The molecule has 0 bridgehead atoms. The van der Waals surface area contributed by atoms with Crippen LogP contribution in [0.4, 0.5) is 14.5 Å². The van der Waals surface area contributed by atoms with Crippen LogP contribution in [0.5, 0.6) is 0 Å². The molecule has 1 saturated heterocycles. The highest BCUT2D eigenvalue weighted by molar-refractivity contribution is 7.92. The van der Waals surface area contributed by atoms with Gasteiger partial charge < -0.3 is 9.80 Å². The molecule has 1 aliphatic rings. The quantitative estimate of drug-likeness (QED) is 0.861. The molecule has 144 valence electrons. The predicted octanol–water partition coefficient (Wildman–Crippen LogP) is 2.15. The van der Waals surface area contributed by atoms with Crippen molar-refractivity contribution in [3.63, 3.8) is 0 Å². The number of carbonyl (C=O) groups is 1. The lowest BCUT2D eigenvalue weighted by molar-refractivity contribution is 0.0664. The van der Waals surface area contributed by atoms with Crippen LogP contribution in [-0.4, -0.2) is 57.4 Å². The van der Waals surface area contributed by atoms with E-state index >= 15 is 0 Å². The first-order chi connectivity index (χ1) is 12.8. The Bertz CT molecular complexity index is 941. The Morgan fingerprint density at radius 1 is 1.00 bits per heavy atom. The van der Waals surface area contributed by atoms with Crippen molar-refractivity contribution >= 4 is 21.6 Å². The summed E-state index contributed by atoms with van der Waals surface area (Å²) < 4.78 is 53.5. The van der Waals surface area contributed by atoms with Crippen LogP contribution in [0.15, 0.2) is 47.4 Å². The Labute approximate surface area is 156 Å². The third-order valence-corrected chi connectivity index (χ3v) is 5.76. The molecule has 2 aromatic rings. The van der Waals surface area contributed by atoms with E-state index in [1.54, 1.807) is 4.90 Å². The van der Waals surface area contributed by atoms with Crippen molar-refractivity contribution < 1.29 is 22.0 Å². The number of anilines is 1. The second kappa shape index (κ2) is 7.61. The average Bonchev–Trinajstić information content (AvgIpc) is 2.64. The van der Waals surface area contributed by atoms with E-state index in [2.05, 4.69) is 9.62 Å². The van der Waals surface area contributed by atoms with Crippen LogP contribution in [0.2, 0.25) is 0 Å². The van der Waals surface area contributed by atoms with E-state index in [0.717, 1.165) is 25.2 Å². The average molecular weight is 395 g/mol. The summed E-state index contributed by atoms with van der Waals surface area (Å²) in [6.07, 6.45) is 0. The molecule has 1 aliphatic heterocycles.